The van der Waals surface area contributed by atoms with Crippen molar-refractivity contribution >= 4 is 23.2 Å². The molecule has 0 fully saturated rings. The Kier molecular flexibility index (Phi) is 3.86. The van der Waals surface area contributed by atoms with Gasteiger partial charge in [-0.15, -0.1) is 11.6 Å². The SMILES string of the molecule is OC(CCl)Cc1ccccc1Cl. The third-order valence-corrected chi connectivity index (χ3v) is 2.32. The van der Waals surface area contributed by atoms with Crippen LogP contribution in [0.15, 0.2) is 24.3 Å². The van der Waals surface area contributed by atoms with E-state index in [4.69, 9.17) is 23.2 Å². The van der Waals surface area contributed by atoms with E-state index in [0.717, 1.165) is 5.56 Å². The van der Waals surface area contributed by atoms with Crippen LogP contribution in [0.2, 0.25) is 5.02 Å². The lowest BCUT2D eigenvalue weighted by Gasteiger charge is -2.07. The molecule has 1 nitrogen and oxygen atoms in total. The van der Waals surface area contributed by atoms with Crippen LogP contribution in [0.4, 0.5) is 0 Å². The van der Waals surface area contributed by atoms with Crippen molar-refractivity contribution in [2.24, 2.45) is 0 Å². The normalized spacial score (nSPS) is 12.9. The second-order valence-electron chi connectivity index (χ2n) is 2.60. The summed E-state index contributed by atoms with van der Waals surface area (Å²) in [5.41, 5.74) is 0.937. The predicted molar refractivity (Wildman–Crippen MR) is 51.9 cm³/mol. The number of rotatable bonds is 3. The third kappa shape index (κ3) is 2.67. The summed E-state index contributed by atoms with van der Waals surface area (Å²) < 4.78 is 0. The van der Waals surface area contributed by atoms with Crippen molar-refractivity contribution in [2.75, 3.05) is 5.88 Å². The van der Waals surface area contributed by atoms with E-state index in [-0.39, 0.29) is 5.88 Å². The Morgan fingerprint density at radius 2 is 2.00 bits per heavy atom. The summed E-state index contributed by atoms with van der Waals surface area (Å²) in [6.45, 7) is 0. The van der Waals surface area contributed by atoms with Gasteiger partial charge in [-0.05, 0) is 11.6 Å². The summed E-state index contributed by atoms with van der Waals surface area (Å²) in [5, 5.41) is 9.93. The molecule has 0 aliphatic rings. The highest BCUT2D eigenvalue weighted by Gasteiger charge is 2.05. The molecule has 12 heavy (non-hydrogen) atoms. The van der Waals surface area contributed by atoms with E-state index in [1.165, 1.54) is 0 Å². The Hall–Kier alpha value is -0.240. The highest BCUT2D eigenvalue weighted by atomic mass is 35.5. The molecule has 0 aliphatic carbocycles. The molecule has 0 saturated carbocycles. The maximum Gasteiger partial charge on any atom is 0.0716 e. The van der Waals surface area contributed by atoms with Gasteiger partial charge >= 0.3 is 0 Å². The van der Waals surface area contributed by atoms with Crippen LogP contribution >= 0.6 is 23.2 Å². The summed E-state index contributed by atoms with van der Waals surface area (Å²) in [4.78, 5) is 0. The molecular weight excluding hydrogens is 195 g/mol. The first kappa shape index (κ1) is 9.85. The number of alkyl halides is 1. The van der Waals surface area contributed by atoms with Crippen molar-refractivity contribution in [3.05, 3.63) is 34.9 Å². The fourth-order valence-electron chi connectivity index (χ4n) is 0.972. The lowest BCUT2D eigenvalue weighted by atomic mass is 10.1. The molecule has 0 radical (unpaired) electrons. The first-order valence-corrected chi connectivity index (χ1v) is 4.62. The van der Waals surface area contributed by atoms with Crippen molar-refractivity contribution in [2.45, 2.75) is 12.5 Å². The van der Waals surface area contributed by atoms with Crippen LogP contribution in [0.25, 0.3) is 0 Å². The second-order valence-corrected chi connectivity index (χ2v) is 3.32. The highest BCUT2D eigenvalue weighted by Crippen LogP contribution is 2.16. The molecule has 0 amide bonds. The van der Waals surface area contributed by atoms with Gasteiger partial charge in [-0.1, -0.05) is 29.8 Å². The summed E-state index contributed by atoms with van der Waals surface area (Å²) in [6.07, 6.45) is 0.00923. The number of hydrogen-bond acceptors (Lipinski definition) is 1. The predicted octanol–water partition coefficient (Wildman–Crippen LogP) is 2.48. The minimum absolute atomic E-state index is 0.241. The quantitative estimate of drug-likeness (QED) is 0.751. The van der Waals surface area contributed by atoms with Crippen LogP contribution in [0.1, 0.15) is 5.56 Å². The Morgan fingerprint density at radius 1 is 1.33 bits per heavy atom. The van der Waals surface area contributed by atoms with Gasteiger partial charge in [0.05, 0.1) is 6.10 Å². The van der Waals surface area contributed by atoms with Gasteiger partial charge in [0.2, 0.25) is 0 Å². The molecular formula is C9H10Cl2O. The van der Waals surface area contributed by atoms with E-state index >= 15 is 0 Å². The zero-order valence-corrected chi connectivity index (χ0v) is 8.02. The number of halogens is 2. The van der Waals surface area contributed by atoms with E-state index in [2.05, 4.69) is 0 Å². The largest absolute Gasteiger partial charge is 0.392 e. The fraction of sp³-hybridized carbons (Fsp3) is 0.333. The van der Waals surface area contributed by atoms with Gasteiger partial charge in [-0.3, -0.25) is 0 Å². The van der Waals surface area contributed by atoms with Gasteiger partial charge in [-0.25, -0.2) is 0 Å². The lowest BCUT2D eigenvalue weighted by molar-refractivity contribution is 0.199. The van der Waals surface area contributed by atoms with E-state index < -0.39 is 6.10 Å². The average molecular weight is 205 g/mol. The molecule has 66 valence electrons. The molecule has 1 unspecified atom stereocenters. The van der Waals surface area contributed by atoms with Gasteiger partial charge in [-0.2, -0.15) is 0 Å². The average Bonchev–Trinajstić information content (AvgIpc) is 2.09. The Labute approximate surface area is 81.9 Å². The molecule has 1 atom stereocenters. The van der Waals surface area contributed by atoms with Gasteiger partial charge in [0, 0.05) is 17.3 Å². The van der Waals surface area contributed by atoms with Crippen molar-refractivity contribution in [1.29, 1.82) is 0 Å². The molecule has 0 spiro atoms. The summed E-state index contributed by atoms with van der Waals surface area (Å²) in [6, 6.07) is 7.44. The summed E-state index contributed by atoms with van der Waals surface area (Å²) in [7, 11) is 0. The molecule has 0 aromatic heterocycles. The topological polar surface area (TPSA) is 20.2 Å². The smallest absolute Gasteiger partial charge is 0.0716 e. The molecule has 1 rings (SSSR count). The molecule has 1 aromatic carbocycles. The summed E-state index contributed by atoms with van der Waals surface area (Å²) in [5.74, 6) is 0.241. The van der Waals surface area contributed by atoms with E-state index in [9.17, 15) is 5.11 Å². The third-order valence-electron chi connectivity index (χ3n) is 1.59. The van der Waals surface area contributed by atoms with E-state index in [0.29, 0.717) is 11.4 Å². The van der Waals surface area contributed by atoms with Crippen molar-refractivity contribution in [3.8, 4) is 0 Å². The van der Waals surface area contributed by atoms with Crippen molar-refractivity contribution in [1.82, 2.24) is 0 Å². The van der Waals surface area contributed by atoms with Crippen LogP contribution in [0.5, 0.6) is 0 Å². The molecule has 0 heterocycles. The minimum atomic E-state index is -0.508. The van der Waals surface area contributed by atoms with E-state index in [1.807, 2.05) is 18.2 Å². The van der Waals surface area contributed by atoms with Crippen LogP contribution in [-0.4, -0.2) is 17.1 Å². The number of benzene rings is 1. The molecule has 1 aromatic rings. The van der Waals surface area contributed by atoms with Crippen LogP contribution in [0, 0.1) is 0 Å². The molecule has 0 aliphatic heterocycles. The maximum absolute atomic E-state index is 9.25. The molecule has 0 saturated heterocycles. The zero-order valence-electron chi connectivity index (χ0n) is 6.50. The second kappa shape index (κ2) is 4.70. The number of hydrogen-bond donors (Lipinski definition) is 1. The molecule has 0 bridgehead atoms. The maximum atomic E-state index is 9.25. The zero-order chi connectivity index (χ0) is 8.97. The van der Waals surface area contributed by atoms with Crippen LogP contribution in [-0.2, 0) is 6.42 Å². The van der Waals surface area contributed by atoms with Gasteiger partial charge in [0.1, 0.15) is 0 Å². The molecule has 3 heteroatoms. The first-order chi connectivity index (χ1) is 5.74. The molecule has 1 N–H and O–H groups in total. The Balaban J connectivity index is 2.69. The van der Waals surface area contributed by atoms with Crippen LogP contribution < -0.4 is 0 Å². The van der Waals surface area contributed by atoms with Crippen molar-refractivity contribution < 1.29 is 5.11 Å². The monoisotopic (exact) mass is 204 g/mol. The lowest BCUT2D eigenvalue weighted by Crippen LogP contribution is -2.11. The standard InChI is InChI=1S/C9H10Cl2O/c10-6-8(12)5-7-3-1-2-4-9(7)11/h1-4,8,12H,5-6H2. The minimum Gasteiger partial charge on any atom is -0.392 e. The Bertz CT molecular complexity index is 250. The van der Waals surface area contributed by atoms with E-state index in [1.54, 1.807) is 6.07 Å². The highest BCUT2D eigenvalue weighted by molar-refractivity contribution is 6.31. The summed E-state index contributed by atoms with van der Waals surface area (Å²) >= 11 is 11.3. The number of aliphatic hydroxyl groups excluding tert-OH is 1. The van der Waals surface area contributed by atoms with Crippen molar-refractivity contribution in [3.63, 3.8) is 0 Å². The van der Waals surface area contributed by atoms with Gasteiger partial charge in [0.15, 0.2) is 0 Å². The number of aliphatic hydroxyl groups is 1. The van der Waals surface area contributed by atoms with Gasteiger partial charge in [0.25, 0.3) is 0 Å². The fourth-order valence-corrected chi connectivity index (χ4v) is 1.29. The van der Waals surface area contributed by atoms with Gasteiger partial charge < -0.3 is 5.11 Å². The Morgan fingerprint density at radius 3 is 2.58 bits per heavy atom. The van der Waals surface area contributed by atoms with Crippen LogP contribution in [0.3, 0.4) is 0 Å². The first-order valence-electron chi connectivity index (χ1n) is 3.71.